The predicted molar refractivity (Wildman–Crippen MR) is 74.3 cm³/mol. The molecule has 0 bridgehead atoms. The largest absolute Gasteiger partial charge is 0.461 e. The van der Waals surface area contributed by atoms with Gasteiger partial charge in [0.15, 0.2) is 11.4 Å². The van der Waals surface area contributed by atoms with Crippen LogP contribution in [0.15, 0.2) is 45.5 Å². The molecule has 1 aliphatic rings. The van der Waals surface area contributed by atoms with Gasteiger partial charge in [-0.05, 0) is 30.3 Å². The number of hydrogen-bond donors (Lipinski definition) is 2. The first-order valence-electron chi connectivity index (χ1n) is 5.91. The van der Waals surface area contributed by atoms with E-state index in [9.17, 15) is 14.7 Å². The number of furan rings is 1. The van der Waals surface area contributed by atoms with Gasteiger partial charge in [-0.1, -0.05) is 15.9 Å². The highest BCUT2D eigenvalue weighted by molar-refractivity contribution is 9.10. The highest BCUT2D eigenvalue weighted by Gasteiger charge is 2.47. The molecule has 5 nitrogen and oxygen atoms in total. The third-order valence-corrected chi connectivity index (χ3v) is 3.76. The number of anilines is 1. The molecule has 6 heteroatoms. The molecule has 1 aromatic heterocycles. The molecule has 102 valence electrons. The molecule has 0 saturated heterocycles. The smallest absolute Gasteiger partial charge is 0.261 e. The molecule has 20 heavy (non-hydrogen) atoms. The first-order chi connectivity index (χ1) is 9.50. The van der Waals surface area contributed by atoms with Crippen molar-refractivity contribution in [3.05, 3.63) is 52.4 Å². The molecule has 0 fully saturated rings. The van der Waals surface area contributed by atoms with Crippen LogP contribution in [0.2, 0.25) is 0 Å². The quantitative estimate of drug-likeness (QED) is 0.844. The molecule has 1 unspecified atom stereocenters. The zero-order chi connectivity index (χ0) is 14.3. The van der Waals surface area contributed by atoms with Gasteiger partial charge in [-0.25, -0.2) is 0 Å². The van der Waals surface area contributed by atoms with Crippen molar-refractivity contribution in [1.82, 2.24) is 0 Å². The Morgan fingerprint density at radius 3 is 2.90 bits per heavy atom. The molecular formula is C14H10BrNO4. The maximum atomic E-state index is 12.1. The highest BCUT2D eigenvalue weighted by Crippen LogP contribution is 2.40. The van der Waals surface area contributed by atoms with Gasteiger partial charge in [0, 0.05) is 15.7 Å². The molecule has 2 aromatic rings. The molecule has 1 aromatic carbocycles. The van der Waals surface area contributed by atoms with Crippen LogP contribution in [0.1, 0.15) is 22.5 Å². The molecule has 2 heterocycles. The van der Waals surface area contributed by atoms with Crippen LogP contribution in [-0.4, -0.2) is 16.8 Å². The third-order valence-electron chi connectivity index (χ3n) is 3.26. The fraction of sp³-hybridized carbons (Fsp3) is 0.143. The van der Waals surface area contributed by atoms with E-state index in [-0.39, 0.29) is 12.2 Å². The van der Waals surface area contributed by atoms with Crippen molar-refractivity contribution >= 4 is 33.3 Å². The van der Waals surface area contributed by atoms with Crippen molar-refractivity contribution in [2.75, 3.05) is 5.32 Å². The van der Waals surface area contributed by atoms with Crippen LogP contribution in [0.3, 0.4) is 0 Å². The second kappa shape index (κ2) is 4.57. The number of benzene rings is 1. The summed E-state index contributed by atoms with van der Waals surface area (Å²) in [4.78, 5) is 24.1. The molecule has 1 aliphatic heterocycles. The minimum absolute atomic E-state index is 0.120. The monoisotopic (exact) mass is 335 g/mol. The van der Waals surface area contributed by atoms with Gasteiger partial charge in [0.05, 0.1) is 12.7 Å². The van der Waals surface area contributed by atoms with E-state index in [1.54, 1.807) is 24.3 Å². The summed E-state index contributed by atoms with van der Waals surface area (Å²) in [5.41, 5.74) is -0.979. The Morgan fingerprint density at radius 2 is 2.20 bits per heavy atom. The summed E-state index contributed by atoms with van der Waals surface area (Å²) in [5, 5.41) is 13.2. The maximum absolute atomic E-state index is 12.1. The number of carbonyl (C=O) groups is 2. The van der Waals surface area contributed by atoms with Crippen LogP contribution in [0.25, 0.3) is 0 Å². The van der Waals surface area contributed by atoms with E-state index in [0.717, 1.165) is 4.47 Å². The molecule has 2 N–H and O–H groups in total. The Bertz CT molecular complexity index is 695. The lowest BCUT2D eigenvalue weighted by Crippen LogP contribution is -2.36. The number of nitrogens with one attached hydrogen (secondary N) is 1. The zero-order valence-electron chi connectivity index (χ0n) is 10.2. The molecular weight excluding hydrogens is 326 g/mol. The van der Waals surface area contributed by atoms with Gasteiger partial charge >= 0.3 is 0 Å². The van der Waals surface area contributed by atoms with Gasteiger partial charge in [0.25, 0.3) is 5.91 Å². The lowest BCUT2D eigenvalue weighted by atomic mass is 9.89. The fourth-order valence-corrected chi connectivity index (χ4v) is 2.61. The van der Waals surface area contributed by atoms with Crippen LogP contribution in [0.5, 0.6) is 0 Å². The standard InChI is InChI=1S/C14H10BrNO4/c15-8-3-4-10-9(6-8)14(19,13(18)16-10)7-11(17)12-2-1-5-20-12/h1-6,19H,7H2,(H,16,18). The van der Waals surface area contributed by atoms with Crippen molar-refractivity contribution in [3.63, 3.8) is 0 Å². The number of aliphatic hydroxyl groups is 1. The van der Waals surface area contributed by atoms with E-state index in [1.165, 1.54) is 12.3 Å². The zero-order valence-corrected chi connectivity index (χ0v) is 11.8. The Kier molecular flexibility index (Phi) is 2.99. The third kappa shape index (κ3) is 1.97. The number of ketones is 1. The van der Waals surface area contributed by atoms with Crippen LogP contribution >= 0.6 is 15.9 Å². The van der Waals surface area contributed by atoms with E-state index in [2.05, 4.69) is 21.2 Å². The lowest BCUT2D eigenvalue weighted by Gasteiger charge is -2.19. The highest BCUT2D eigenvalue weighted by atomic mass is 79.9. The van der Waals surface area contributed by atoms with E-state index in [0.29, 0.717) is 11.3 Å². The number of fused-ring (bicyclic) bond motifs is 1. The molecule has 0 spiro atoms. The van der Waals surface area contributed by atoms with Crippen LogP contribution in [0.4, 0.5) is 5.69 Å². The minimum atomic E-state index is -1.87. The average molecular weight is 336 g/mol. The maximum Gasteiger partial charge on any atom is 0.261 e. The Morgan fingerprint density at radius 1 is 1.40 bits per heavy atom. The van der Waals surface area contributed by atoms with Crippen LogP contribution < -0.4 is 5.32 Å². The molecule has 1 amide bonds. The second-order valence-corrected chi connectivity index (χ2v) is 5.50. The summed E-state index contributed by atoms with van der Waals surface area (Å²) in [5.74, 6) is -0.916. The van der Waals surface area contributed by atoms with Gasteiger partial charge in [-0.2, -0.15) is 0 Å². The van der Waals surface area contributed by atoms with Gasteiger partial charge in [0.2, 0.25) is 5.78 Å². The number of rotatable bonds is 3. The van der Waals surface area contributed by atoms with Gasteiger partial charge in [0.1, 0.15) is 0 Å². The Hall–Kier alpha value is -1.92. The summed E-state index contributed by atoms with van der Waals surface area (Å²) in [6, 6.07) is 8.13. The van der Waals surface area contributed by atoms with Gasteiger partial charge in [-0.3, -0.25) is 9.59 Å². The molecule has 3 rings (SSSR count). The predicted octanol–water partition coefficient (Wildman–Crippen LogP) is 2.45. The summed E-state index contributed by atoms with van der Waals surface area (Å²) >= 11 is 3.29. The molecule has 0 radical (unpaired) electrons. The van der Waals surface area contributed by atoms with Crippen molar-refractivity contribution in [1.29, 1.82) is 0 Å². The molecule has 0 aliphatic carbocycles. The number of Topliss-reactive ketones (excluding diaryl/α,β-unsaturated/α-hetero) is 1. The van der Waals surface area contributed by atoms with Crippen LogP contribution in [-0.2, 0) is 10.4 Å². The van der Waals surface area contributed by atoms with Crippen molar-refractivity contribution in [2.24, 2.45) is 0 Å². The van der Waals surface area contributed by atoms with Crippen molar-refractivity contribution in [3.8, 4) is 0 Å². The Labute approximate surface area is 122 Å². The van der Waals surface area contributed by atoms with E-state index in [1.807, 2.05) is 0 Å². The molecule has 1 atom stereocenters. The molecule has 0 saturated carbocycles. The first-order valence-corrected chi connectivity index (χ1v) is 6.70. The number of amides is 1. The van der Waals surface area contributed by atoms with E-state index < -0.39 is 17.3 Å². The number of carbonyl (C=O) groups excluding carboxylic acids is 2. The van der Waals surface area contributed by atoms with Crippen LogP contribution in [0, 0.1) is 0 Å². The summed E-state index contributed by atoms with van der Waals surface area (Å²) < 4.78 is 5.71. The van der Waals surface area contributed by atoms with Gasteiger partial charge < -0.3 is 14.8 Å². The summed E-state index contributed by atoms with van der Waals surface area (Å²) in [6.07, 6.45) is 1.01. The second-order valence-electron chi connectivity index (χ2n) is 4.58. The first kappa shape index (κ1) is 13.1. The minimum Gasteiger partial charge on any atom is -0.461 e. The van der Waals surface area contributed by atoms with E-state index >= 15 is 0 Å². The number of hydrogen-bond acceptors (Lipinski definition) is 4. The van der Waals surface area contributed by atoms with Crippen molar-refractivity contribution in [2.45, 2.75) is 12.0 Å². The normalized spacial score (nSPS) is 20.6. The SMILES string of the molecule is O=C(CC1(O)C(=O)Nc2ccc(Br)cc21)c1ccco1. The number of halogens is 1. The van der Waals surface area contributed by atoms with Gasteiger partial charge in [-0.15, -0.1) is 0 Å². The summed E-state index contributed by atoms with van der Waals surface area (Å²) in [7, 11) is 0. The fourth-order valence-electron chi connectivity index (χ4n) is 2.25. The Balaban J connectivity index is 1.98. The van der Waals surface area contributed by atoms with E-state index in [4.69, 9.17) is 4.42 Å². The summed E-state index contributed by atoms with van der Waals surface area (Å²) in [6.45, 7) is 0. The lowest BCUT2D eigenvalue weighted by molar-refractivity contribution is -0.133. The topological polar surface area (TPSA) is 79.5 Å². The average Bonchev–Trinajstić information content (AvgIpc) is 3.00. The van der Waals surface area contributed by atoms with Crippen molar-refractivity contribution < 1.29 is 19.1 Å².